The van der Waals surface area contributed by atoms with E-state index in [4.69, 9.17) is 27.7 Å². The van der Waals surface area contributed by atoms with Crippen LogP contribution in [0, 0.1) is 0 Å². The molecule has 0 fully saturated rings. The molecule has 19 heavy (non-hydrogen) atoms. The zero-order chi connectivity index (χ0) is 13.4. The maximum absolute atomic E-state index is 11.1. The number of halogens is 2. The van der Waals surface area contributed by atoms with Crippen LogP contribution in [-0.2, 0) is 0 Å². The molecule has 0 atom stereocenters. The van der Waals surface area contributed by atoms with Gasteiger partial charge in [0.25, 0.3) is 0 Å². The van der Waals surface area contributed by atoms with Crippen LogP contribution in [-0.4, -0.2) is 11.4 Å². The quantitative estimate of drug-likeness (QED) is 0.647. The average molecular weight is 292 g/mol. The van der Waals surface area contributed by atoms with E-state index in [-0.39, 0.29) is 0 Å². The first-order chi connectivity index (χ1) is 9.19. The van der Waals surface area contributed by atoms with Gasteiger partial charge < -0.3 is 4.52 Å². The summed E-state index contributed by atoms with van der Waals surface area (Å²) in [5.41, 5.74) is 2.33. The molecule has 0 saturated carbocycles. The van der Waals surface area contributed by atoms with Crippen LogP contribution >= 0.6 is 23.2 Å². The molecule has 0 N–H and O–H groups in total. The van der Waals surface area contributed by atoms with Gasteiger partial charge in [-0.15, -0.1) is 0 Å². The van der Waals surface area contributed by atoms with Crippen molar-refractivity contribution in [1.29, 1.82) is 0 Å². The fourth-order valence-corrected chi connectivity index (χ4v) is 2.29. The Labute approximate surface area is 118 Å². The first kappa shape index (κ1) is 12.2. The first-order valence-electron chi connectivity index (χ1n) is 5.49. The molecule has 1 aromatic heterocycles. The van der Waals surface area contributed by atoms with Crippen molar-refractivity contribution in [3.8, 4) is 11.3 Å². The number of benzene rings is 2. The standard InChI is InChI=1S/C14H7Cl2NO2/c15-9-1-3-11(8(5-9)7-18)14-12-4-2-10(16)6-13(12)19-17-14/h1-7H. The van der Waals surface area contributed by atoms with Gasteiger partial charge in [-0.05, 0) is 24.3 Å². The molecule has 94 valence electrons. The van der Waals surface area contributed by atoms with E-state index in [2.05, 4.69) is 5.16 Å². The third-order valence-electron chi connectivity index (χ3n) is 2.83. The van der Waals surface area contributed by atoms with Gasteiger partial charge in [0.2, 0.25) is 0 Å². The van der Waals surface area contributed by atoms with Crippen LogP contribution in [0.4, 0.5) is 0 Å². The van der Waals surface area contributed by atoms with Gasteiger partial charge in [-0.25, -0.2) is 0 Å². The van der Waals surface area contributed by atoms with Gasteiger partial charge in [0.15, 0.2) is 11.9 Å². The van der Waals surface area contributed by atoms with E-state index in [1.807, 2.05) is 6.07 Å². The van der Waals surface area contributed by atoms with E-state index < -0.39 is 0 Å². The highest BCUT2D eigenvalue weighted by Crippen LogP contribution is 2.32. The molecule has 3 rings (SSSR count). The Hall–Kier alpha value is -1.84. The van der Waals surface area contributed by atoms with Gasteiger partial charge >= 0.3 is 0 Å². The molecule has 0 radical (unpaired) electrons. The number of rotatable bonds is 2. The lowest BCUT2D eigenvalue weighted by Crippen LogP contribution is -1.88. The number of fused-ring (bicyclic) bond motifs is 1. The van der Waals surface area contributed by atoms with Gasteiger partial charge in [-0.1, -0.05) is 34.4 Å². The highest BCUT2D eigenvalue weighted by molar-refractivity contribution is 6.31. The van der Waals surface area contributed by atoms with Crippen molar-refractivity contribution in [2.75, 3.05) is 0 Å². The van der Waals surface area contributed by atoms with Gasteiger partial charge in [0, 0.05) is 32.6 Å². The molecule has 0 aliphatic heterocycles. The maximum Gasteiger partial charge on any atom is 0.169 e. The van der Waals surface area contributed by atoms with Crippen LogP contribution in [0.3, 0.4) is 0 Å². The van der Waals surface area contributed by atoms with Crippen LogP contribution in [0.15, 0.2) is 40.9 Å². The summed E-state index contributed by atoms with van der Waals surface area (Å²) in [4.78, 5) is 11.1. The van der Waals surface area contributed by atoms with Crippen molar-refractivity contribution >= 4 is 40.5 Å². The number of hydrogen-bond donors (Lipinski definition) is 0. The van der Waals surface area contributed by atoms with Gasteiger partial charge in [0.05, 0.1) is 0 Å². The van der Waals surface area contributed by atoms with Crippen LogP contribution in [0.5, 0.6) is 0 Å². The molecule has 0 saturated heterocycles. The summed E-state index contributed by atoms with van der Waals surface area (Å²) in [7, 11) is 0. The monoisotopic (exact) mass is 291 g/mol. The Bertz CT molecular complexity index is 780. The van der Waals surface area contributed by atoms with E-state index in [0.717, 1.165) is 11.7 Å². The smallest absolute Gasteiger partial charge is 0.169 e. The molecule has 0 spiro atoms. The average Bonchev–Trinajstić information content (AvgIpc) is 2.81. The van der Waals surface area contributed by atoms with Gasteiger partial charge in [-0.3, -0.25) is 4.79 Å². The number of aldehydes is 1. The molecular formula is C14H7Cl2NO2. The van der Waals surface area contributed by atoms with E-state index >= 15 is 0 Å². The predicted octanol–water partition coefficient (Wildman–Crippen LogP) is 4.61. The largest absolute Gasteiger partial charge is 0.356 e. The number of nitrogens with zero attached hydrogens (tertiary/aromatic N) is 1. The van der Waals surface area contributed by atoms with Gasteiger partial charge in [0.1, 0.15) is 5.69 Å². The molecule has 0 aliphatic rings. The van der Waals surface area contributed by atoms with E-state index in [1.54, 1.807) is 30.3 Å². The Kier molecular flexibility index (Phi) is 3.01. The molecule has 0 amide bonds. The Morgan fingerprint density at radius 1 is 1.05 bits per heavy atom. The summed E-state index contributed by atoms with van der Waals surface area (Å²) < 4.78 is 5.23. The lowest BCUT2D eigenvalue weighted by molar-refractivity contribution is 0.112. The molecule has 3 nitrogen and oxygen atoms in total. The normalized spacial score (nSPS) is 10.8. The fourth-order valence-electron chi connectivity index (χ4n) is 1.95. The number of carbonyl (C=O) groups is 1. The lowest BCUT2D eigenvalue weighted by atomic mass is 10.0. The van der Waals surface area contributed by atoms with Crippen molar-refractivity contribution in [3.05, 3.63) is 52.0 Å². The Morgan fingerprint density at radius 3 is 2.58 bits per heavy atom. The first-order valence-corrected chi connectivity index (χ1v) is 6.24. The SMILES string of the molecule is O=Cc1cc(Cl)ccc1-c1noc2cc(Cl)ccc12. The van der Waals surface area contributed by atoms with E-state index in [9.17, 15) is 4.79 Å². The van der Waals surface area contributed by atoms with E-state index in [0.29, 0.717) is 32.4 Å². The minimum Gasteiger partial charge on any atom is -0.356 e. The molecule has 2 aromatic carbocycles. The van der Waals surface area contributed by atoms with Crippen LogP contribution in [0.2, 0.25) is 10.0 Å². The summed E-state index contributed by atoms with van der Waals surface area (Å²) in [5.74, 6) is 0. The third-order valence-corrected chi connectivity index (χ3v) is 3.30. The minimum absolute atomic E-state index is 0.470. The van der Waals surface area contributed by atoms with Crippen molar-refractivity contribution < 1.29 is 9.32 Å². The minimum atomic E-state index is 0.470. The van der Waals surface area contributed by atoms with Crippen molar-refractivity contribution in [2.24, 2.45) is 0 Å². The highest BCUT2D eigenvalue weighted by Gasteiger charge is 2.14. The second kappa shape index (κ2) is 4.68. The predicted molar refractivity (Wildman–Crippen MR) is 74.9 cm³/mol. The number of aromatic nitrogens is 1. The van der Waals surface area contributed by atoms with Crippen molar-refractivity contribution in [2.45, 2.75) is 0 Å². The van der Waals surface area contributed by atoms with Gasteiger partial charge in [-0.2, -0.15) is 0 Å². The summed E-state index contributed by atoms with van der Waals surface area (Å²) in [5, 5.41) is 5.88. The zero-order valence-electron chi connectivity index (χ0n) is 9.56. The second-order valence-electron chi connectivity index (χ2n) is 4.02. The number of hydrogen-bond acceptors (Lipinski definition) is 3. The molecule has 1 heterocycles. The number of carbonyl (C=O) groups excluding carboxylic acids is 1. The van der Waals surface area contributed by atoms with Crippen molar-refractivity contribution in [1.82, 2.24) is 5.16 Å². The zero-order valence-corrected chi connectivity index (χ0v) is 11.1. The van der Waals surface area contributed by atoms with Crippen molar-refractivity contribution in [3.63, 3.8) is 0 Å². The Morgan fingerprint density at radius 2 is 1.79 bits per heavy atom. The molecular weight excluding hydrogens is 285 g/mol. The second-order valence-corrected chi connectivity index (χ2v) is 4.89. The summed E-state index contributed by atoms with van der Waals surface area (Å²) in [6.45, 7) is 0. The fraction of sp³-hybridized carbons (Fsp3) is 0. The molecule has 5 heteroatoms. The molecule has 0 unspecified atom stereocenters. The maximum atomic E-state index is 11.1. The van der Waals surface area contributed by atoms with E-state index in [1.165, 1.54) is 0 Å². The summed E-state index contributed by atoms with van der Waals surface area (Å²) in [6.07, 6.45) is 0.748. The topological polar surface area (TPSA) is 43.1 Å². The molecule has 0 aliphatic carbocycles. The lowest BCUT2D eigenvalue weighted by Gasteiger charge is -2.01. The highest BCUT2D eigenvalue weighted by atomic mass is 35.5. The van der Waals surface area contributed by atoms with Crippen LogP contribution in [0.25, 0.3) is 22.2 Å². The summed E-state index contributed by atoms with van der Waals surface area (Å²) in [6, 6.07) is 10.3. The third kappa shape index (κ3) is 2.11. The summed E-state index contributed by atoms with van der Waals surface area (Å²) >= 11 is 11.8. The van der Waals surface area contributed by atoms with Crippen LogP contribution in [0.1, 0.15) is 10.4 Å². The Balaban J connectivity index is 2.27. The molecule has 0 bridgehead atoms. The molecule has 3 aromatic rings. The van der Waals surface area contributed by atoms with Crippen LogP contribution < -0.4 is 0 Å².